The topological polar surface area (TPSA) is 90.9 Å². The van der Waals surface area contributed by atoms with Gasteiger partial charge in [-0.1, -0.05) is 29.3 Å². The summed E-state index contributed by atoms with van der Waals surface area (Å²) in [4.78, 5) is 12.3. The maximum atomic E-state index is 12.7. The highest BCUT2D eigenvalue weighted by Gasteiger charge is 2.20. The number of rotatable bonds is 6. The minimum absolute atomic E-state index is 0.0220. The number of sulfonamides is 1. The molecule has 32 heavy (non-hydrogen) atoms. The highest BCUT2D eigenvalue weighted by Crippen LogP contribution is 2.32. The number of anilines is 1. The smallest absolute Gasteiger partial charge is 0.338 e. The van der Waals surface area contributed by atoms with Gasteiger partial charge in [0.25, 0.3) is 10.0 Å². The third-order valence-electron chi connectivity index (χ3n) is 4.55. The number of hydrogen-bond acceptors (Lipinski definition) is 6. The molecule has 7 nitrogen and oxygen atoms in total. The van der Waals surface area contributed by atoms with Crippen LogP contribution in [0, 0.1) is 0 Å². The van der Waals surface area contributed by atoms with Gasteiger partial charge in [0, 0.05) is 11.8 Å². The number of fused-ring (bicyclic) bond motifs is 1. The molecule has 10 heteroatoms. The lowest BCUT2D eigenvalue weighted by molar-refractivity contribution is 0.0472. The molecule has 0 unspecified atom stereocenters. The largest absolute Gasteiger partial charge is 0.486 e. The molecule has 0 fully saturated rings. The molecule has 0 radical (unpaired) electrons. The van der Waals surface area contributed by atoms with Crippen molar-refractivity contribution in [1.82, 2.24) is 0 Å². The maximum Gasteiger partial charge on any atom is 0.338 e. The molecule has 166 valence electrons. The lowest BCUT2D eigenvalue weighted by Crippen LogP contribution is -2.17. The Morgan fingerprint density at radius 2 is 1.62 bits per heavy atom. The van der Waals surface area contributed by atoms with Crippen molar-refractivity contribution in [1.29, 1.82) is 0 Å². The molecule has 0 saturated carbocycles. The Morgan fingerprint density at radius 3 is 2.34 bits per heavy atom. The zero-order chi connectivity index (χ0) is 22.7. The predicted octanol–water partition coefficient (Wildman–Crippen LogP) is 4.92. The van der Waals surface area contributed by atoms with E-state index in [4.69, 9.17) is 37.4 Å². The van der Waals surface area contributed by atoms with E-state index < -0.39 is 16.0 Å². The van der Waals surface area contributed by atoms with Crippen LogP contribution >= 0.6 is 23.2 Å². The molecule has 1 aliphatic heterocycles. The van der Waals surface area contributed by atoms with E-state index in [9.17, 15) is 13.2 Å². The third-order valence-corrected chi connectivity index (χ3v) is 6.67. The van der Waals surface area contributed by atoms with Crippen LogP contribution in [0.5, 0.6) is 11.5 Å². The van der Waals surface area contributed by atoms with E-state index >= 15 is 0 Å². The Morgan fingerprint density at radius 1 is 0.906 bits per heavy atom. The quantitative estimate of drug-likeness (QED) is 0.489. The monoisotopic (exact) mass is 493 g/mol. The first-order valence-corrected chi connectivity index (χ1v) is 11.7. The Kier molecular flexibility index (Phi) is 6.45. The Bertz CT molecular complexity index is 1260. The van der Waals surface area contributed by atoms with Crippen LogP contribution in [0.4, 0.5) is 5.69 Å². The van der Waals surface area contributed by atoms with Gasteiger partial charge in [0.15, 0.2) is 11.5 Å². The number of benzene rings is 3. The van der Waals surface area contributed by atoms with Crippen LogP contribution in [0.2, 0.25) is 10.0 Å². The van der Waals surface area contributed by atoms with Crippen molar-refractivity contribution < 1.29 is 27.4 Å². The van der Waals surface area contributed by atoms with Crippen molar-refractivity contribution in [3.8, 4) is 11.5 Å². The number of carbonyl (C=O) groups is 1. The van der Waals surface area contributed by atoms with Gasteiger partial charge in [0.2, 0.25) is 0 Å². The van der Waals surface area contributed by atoms with Crippen molar-refractivity contribution in [2.45, 2.75) is 11.5 Å². The van der Waals surface area contributed by atoms with E-state index in [1.54, 1.807) is 24.3 Å². The van der Waals surface area contributed by atoms with E-state index in [0.717, 1.165) is 0 Å². The third kappa shape index (κ3) is 5.09. The first-order chi connectivity index (χ1) is 15.3. The molecule has 0 bridgehead atoms. The summed E-state index contributed by atoms with van der Waals surface area (Å²) in [5.74, 6) is 0.315. The molecule has 0 saturated heterocycles. The minimum atomic E-state index is -3.86. The van der Waals surface area contributed by atoms with Gasteiger partial charge in [0.05, 0.1) is 20.5 Å². The second kappa shape index (κ2) is 9.28. The average Bonchev–Trinajstić information content (AvgIpc) is 2.79. The number of carbonyl (C=O) groups excluding carboxylic acids is 1. The van der Waals surface area contributed by atoms with Crippen LogP contribution in [0.3, 0.4) is 0 Å². The van der Waals surface area contributed by atoms with Crippen LogP contribution in [0.25, 0.3) is 0 Å². The zero-order valence-electron chi connectivity index (χ0n) is 16.5. The first-order valence-electron chi connectivity index (χ1n) is 9.45. The van der Waals surface area contributed by atoms with Gasteiger partial charge < -0.3 is 14.2 Å². The van der Waals surface area contributed by atoms with Gasteiger partial charge in [-0.2, -0.15) is 0 Å². The molecule has 4 rings (SSSR count). The lowest BCUT2D eigenvalue weighted by Gasteiger charge is -2.19. The van der Waals surface area contributed by atoms with Gasteiger partial charge in [-0.25, -0.2) is 13.2 Å². The summed E-state index contributed by atoms with van der Waals surface area (Å²) in [5.41, 5.74) is 1.25. The van der Waals surface area contributed by atoms with E-state index in [2.05, 4.69) is 4.72 Å². The summed E-state index contributed by atoms with van der Waals surface area (Å²) < 4.78 is 44.0. The highest BCUT2D eigenvalue weighted by molar-refractivity contribution is 7.92. The van der Waals surface area contributed by atoms with Crippen LogP contribution in [-0.2, 0) is 21.4 Å². The molecule has 3 aromatic rings. The number of halogens is 2. The van der Waals surface area contributed by atoms with Gasteiger partial charge in [-0.05, 0) is 54.1 Å². The van der Waals surface area contributed by atoms with Crippen molar-refractivity contribution in [3.63, 3.8) is 0 Å². The fourth-order valence-corrected chi connectivity index (χ4v) is 4.34. The molecule has 1 N–H and O–H groups in total. The molecule has 1 aliphatic rings. The fourth-order valence-electron chi connectivity index (χ4n) is 2.94. The van der Waals surface area contributed by atoms with E-state index in [1.165, 1.54) is 36.4 Å². The van der Waals surface area contributed by atoms with Crippen molar-refractivity contribution >= 4 is 44.9 Å². The summed E-state index contributed by atoms with van der Waals surface area (Å²) in [5, 5.41) is 0.783. The standard InChI is InChI=1S/C22H17Cl2NO6S/c23-18-7-1-14(11-19(18)24)13-31-22(26)15-2-4-16(5-3-15)25-32(27,28)17-6-8-20-21(12-17)30-10-9-29-20/h1-8,11-12,25H,9-10,13H2. The highest BCUT2D eigenvalue weighted by atomic mass is 35.5. The van der Waals surface area contributed by atoms with Gasteiger partial charge in [-0.3, -0.25) is 4.72 Å². The number of hydrogen-bond donors (Lipinski definition) is 1. The normalized spacial score (nSPS) is 12.8. The van der Waals surface area contributed by atoms with Crippen LogP contribution in [0.1, 0.15) is 15.9 Å². The van der Waals surface area contributed by atoms with Gasteiger partial charge in [-0.15, -0.1) is 0 Å². The average molecular weight is 494 g/mol. The second-order valence-electron chi connectivity index (χ2n) is 6.81. The molecule has 0 aromatic heterocycles. The summed E-state index contributed by atoms with van der Waals surface area (Å²) in [6.07, 6.45) is 0. The predicted molar refractivity (Wildman–Crippen MR) is 120 cm³/mol. The summed E-state index contributed by atoms with van der Waals surface area (Å²) in [7, 11) is -3.86. The van der Waals surface area contributed by atoms with Gasteiger partial charge >= 0.3 is 5.97 Å². The molecule has 0 spiro atoms. The van der Waals surface area contributed by atoms with Crippen molar-refractivity contribution in [2.24, 2.45) is 0 Å². The van der Waals surface area contributed by atoms with Crippen LogP contribution in [0.15, 0.2) is 65.6 Å². The molecule has 0 amide bonds. The van der Waals surface area contributed by atoms with Crippen molar-refractivity contribution in [3.05, 3.63) is 81.8 Å². The van der Waals surface area contributed by atoms with Crippen LogP contribution < -0.4 is 14.2 Å². The molecule has 3 aromatic carbocycles. The Balaban J connectivity index is 1.40. The van der Waals surface area contributed by atoms with Crippen LogP contribution in [-0.4, -0.2) is 27.6 Å². The lowest BCUT2D eigenvalue weighted by atomic mass is 10.2. The van der Waals surface area contributed by atoms with E-state index in [0.29, 0.717) is 46.0 Å². The molecular formula is C22H17Cl2NO6S. The summed E-state index contributed by atoms with van der Waals surface area (Å²) in [6, 6.07) is 15.2. The summed E-state index contributed by atoms with van der Waals surface area (Å²) >= 11 is 11.8. The number of nitrogens with one attached hydrogen (secondary N) is 1. The minimum Gasteiger partial charge on any atom is -0.486 e. The molecule has 0 aliphatic carbocycles. The number of esters is 1. The zero-order valence-corrected chi connectivity index (χ0v) is 18.8. The van der Waals surface area contributed by atoms with E-state index in [-0.39, 0.29) is 17.1 Å². The molecule has 0 atom stereocenters. The summed E-state index contributed by atoms with van der Waals surface area (Å²) in [6.45, 7) is 0.792. The number of ether oxygens (including phenoxy) is 3. The van der Waals surface area contributed by atoms with Gasteiger partial charge in [0.1, 0.15) is 19.8 Å². The Labute approximate surface area is 194 Å². The molecular weight excluding hydrogens is 477 g/mol. The first kappa shape index (κ1) is 22.3. The van der Waals surface area contributed by atoms with Crippen molar-refractivity contribution in [2.75, 3.05) is 17.9 Å². The molecule has 1 heterocycles. The maximum absolute atomic E-state index is 12.7. The van der Waals surface area contributed by atoms with E-state index in [1.807, 2.05) is 0 Å². The SMILES string of the molecule is O=C(OCc1ccc(Cl)c(Cl)c1)c1ccc(NS(=O)(=O)c2ccc3c(c2)OCCO3)cc1. The second-order valence-corrected chi connectivity index (χ2v) is 9.31. The fraction of sp³-hybridized carbons (Fsp3) is 0.136. The Hall–Kier alpha value is -2.94.